The van der Waals surface area contributed by atoms with Crippen molar-refractivity contribution >= 4 is 27.5 Å². The third-order valence-corrected chi connectivity index (χ3v) is 4.31. The number of fused-ring (bicyclic) bond motifs is 4. The smallest absolute Gasteiger partial charge is 0.238 e. The first-order valence-electron chi connectivity index (χ1n) is 7.25. The number of para-hydroxylation sites is 1. The number of ketones is 1. The van der Waals surface area contributed by atoms with Crippen LogP contribution in [0.15, 0.2) is 53.6 Å². The Labute approximate surface area is 129 Å². The Kier molecular flexibility index (Phi) is 2.18. The van der Waals surface area contributed by atoms with Crippen LogP contribution in [0.1, 0.15) is 16.1 Å². The highest BCUT2D eigenvalue weighted by Gasteiger charge is 2.33. The van der Waals surface area contributed by atoms with Crippen LogP contribution in [-0.2, 0) is 0 Å². The number of hydrogen-bond donors (Lipinski definition) is 1. The van der Waals surface area contributed by atoms with Crippen LogP contribution in [-0.4, -0.2) is 15.8 Å². The Morgan fingerprint density at radius 2 is 1.87 bits per heavy atom. The zero-order valence-corrected chi connectivity index (χ0v) is 11.9. The SMILES string of the molecule is O=C1c2c([nH]ccc2=O)-c2[nH+]ccc3c2c1nc1ccccc13. The van der Waals surface area contributed by atoms with E-state index < -0.39 is 0 Å². The van der Waals surface area contributed by atoms with E-state index in [0.717, 1.165) is 27.4 Å². The van der Waals surface area contributed by atoms with Gasteiger partial charge in [-0.2, -0.15) is 0 Å². The first kappa shape index (κ1) is 12.2. The molecule has 3 heterocycles. The molecule has 0 unspecified atom stereocenters. The topological polar surface area (TPSA) is 77.0 Å². The molecule has 1 aromatic carbocycles. The molecule has 23 heavy (non-hydrogen) atoms. The number of aromatic nitrogens is 3. The van der Waals surface area contributed by atoms with E-state index in [2.05, 4.69) is 15.0 Å². The molecular weight excluding hydrogens is 290 g/mol. The third kappa shape index (κ3) is 1.46. The van der Waals surface area contributed by atoms with Gasteiger partial charge in [0.05, 0.1) is 10.9 Å². The van der Waals surface area contributed by atoms with Crippen LogP contribution in [0.3, 0.4) is 0 Å². The molecular formula is C18H10N3O2+. The van der Waals surface area contributed by atoms with Crippen molar-refractivity contribution in [1.29, 1.82) is 0 Å². The zero-order chi connectivity index (χ0) is 15.6. The van der Waals surface area contributed by atoms with Gasteiger partial charge >= 0.3 is 0 Å². The van der Waals surface area contributed by atoms with Crippen molar-refractivity contribution in [3.63, 3.8) is 0 Å². The largest absolute Gasteiger partial charge is 0.355 e. The number of hydrogen-bond acceptors (Lipinski definition) is 3. The van der Waals surface area contributed by atoms with Gasteiger partial charge in [0.15, 0.2) is 11.6 Å². The molecule has 5 heteroatoms. The van der Waals surface area contributed by atoms with Crippen LogP contribution < -0.4 is 10.4 Å². The molecule has 0 spiro atoms. The summed E-state index contributed by atoms with van der Waals surface area (Å²) in [5.41, 5.74) is 2.17. The Morgan fingerprint density at radius 1 is 1.00 bits per heavy atom. The summed E-state index contributed by atoms with van der Waals surface area (Å²) in [6.45, 7) is 0. The van der Waals surface area contributed by atoms with Gasteiger partial charge < -0.3 is 4.98 Å². The second-order valence-electron chi connectivity index (χ2n) is 5.54. The van der Waals surface area contributed by atoms with Crippen molar-refractivity contribution in [2.24, 2.45) is 0 Å². The van der Waals surface area contributed by atoms with E-state index in [0.29, 0.717) is 11.4 Å². The average Bonchev–Trinajstić information content (AvgIpc) is 2.59. The lowest BCUT2D eigenvalue weighted by molar-refractivity contribution is -0.363. The fourth-order valence-electron chi connectivity index (χ4n) is 3.33. The second kappa shape index (κ2) is 4.10. The molecule has 0 radical (unpaired) electrons. The van der Waals surface area contributed by atoms with Crippen LogP contribution >= 0.6 is 0 Å². The number of nitrogens with one attached hydrogen (secondary N) is 2. The summed E-state index contributed by atoms with van der Waals surface area (Å²) < 4.78 is 0. The fraction of sp³-hybridized carbons (Fsp3) is 0. The number of rotatable bonds is 0. The number of carbonyl (C=O) groups is 1. The van der Waals surface area contributed by atoms with E-state index in [9.17, 15) is 9.59 Å². The number of pyridine rings is 3. The Balaban J connectivity index is 2.10. The van der Waals surface area contributed by atoms with Crippen LogP contribution in [0.4, 0.5) is 0 Å². The number of H-pyrrole nitrogens is 2. The summed E-state index contributed by atoms with van der Waals surface area (Å²) in [5.74, 6) is -0.329. The van der Waals surface area contributed by atoms with Crippen molar-refractivity contribution in [2.75, 3.05) is 0 Å². The van der Waals surface area contributed by atoms with Crippen LogP contribution in [0.5, 0.6) is 0 Å². The maximum atomic E-state index is 12.9. The van der Waals surface area contributed by atoms with E-state index >= 15 is 0 Å². The summed E-state index contributed by atoms with van der Waals surface area (Å²) in [6, 6.07) is 11.0. The third-order valence-electron chi connectivity index (χ3n) is 4.31. The second-order valence-corrected chi connectivity index (χ2v) is 5.54. The summed E-state index contributed by atoms with van der Waals surface area (Å²) >= 11 is 0. The Hall–Kier alpha value is -3.34. The lowest BCUT2D eigenvalue weighted by Crippen LogP contribution is -2.25. The molecule has 0 bridgehead atoms. The quantitative estimate of drug-likeness (QED) is 0.445. The van der Waals surface area contributed by atoms with Gasteiger partial charge in [-0.15, -0.1) is 0 Å². The van der Waals surface area contributed by atoms with E-state index in [1.54, 1.807) is 6.20 Å². The molecule has 5 nitrogen and oxygen atoms in total. The molecule has 2 N–H and O–H groups in total. The number of aromatic amines is 2. The monoisotopic (exact) mass is 300 g/mol. The van der Waals surface area contributed by atoms with Gasteiger partial charge in [0.1, 0.15) is 17.0 Å². The van der Waals surface area contributed by atoms with Crippen LogP contribution in [0, 0.1) is 0 Å². The lowest BCUT2D eigenvalue weighted by Gasteiger charge is -2.15. The van der Waals surface area contributed by atoms with E-state index in [1.807, 2.05) is 36.5 Å². The Morgan fingerprint density at radius 3 is 2.78 bits per heavy atom. The van der Waals surface area contributed by atoms with Gasteiger partial charge in [-0.3, -0.25) is 9.59 Å². The standard InChI is InChI=1S/C18H9N3O2/c22-12-6-8-20-16-14(12)18(23)17-13-10(5-7-19-15(13)16)9-3-1-2-4-11(9)21-17/h1-8H,(H,20,22)/p+1. The van der Waals surface area contributed by atoms with E-state index in [-0.39, 0.29) is 16.8 Å². The van der Waals surface area contributed by atoms with Gasteiger partial charge in [-0.1, -0.05) is 18.2 Å². The number of nitrogens with zero attached hydrogens (tertiary/aromatic N) is 1. The summed E-state index contributed by atoms with van der Waals surface area (Å²) in [5, 5.41) is 2.68. The van der Waals surface area contributed by atoms with Crippen molar-refractivity contribution in [3.8, 4) is 11.4 Å². The minimum absolute atomic E-state index is 0.145. The normalized spacial score (nSPS) is 12.6. The molecule has 0 saturated heterocycles. The fourth-order valence-corrected chi connectivity index (χ4v) is 3.33. The van der Waals surface area contributed by atoms with Crippen molar-refractivity contribution in [1.82, 2.24) is 9.97 Å². The zero-order valence-electron chi connectivity index (χ0n) is 11.9. The van der Waals surface area contributed by atoms with Crippen molar-refractivity contribution in [3.05, 3.63) is 70.3 Å². The van der Waals surface area contributed by atoms with Gasteiger partial charge in [0.2, 0.25) is 11.5 Å². The molecule has 1 aliphatic rings. The molecule has 1 aliphatic carbocycles. The predicted octanol–water partition coefficient (Wildman–Crippen LogP) is 2.10. The van der Waals surface area contributed by atoms with Gasteiger partial charge in [-0.25, -0.2) is 9.97 Å². The number of benzene rings is 1. The molecule has 0 fully saturated rings. The highest BCUT2D eigenvalue weighted by atomic mass is 16.1. The van der Waals surface area contributed by atoms with Gasteiger partial charge in [0.25, 0.3) is 0 Å². The molecule has 3 aromatic heterocycles. The minimum Gasteiger partial charge on any atom is -0.355 e. The highest BCUT2D eigenvalue weighted by molar-refractivity contribution is 6.26. The first-order chi connectivity index (χ1) is 11.3. The molecule has 0 amide bonds. The number of carbonyl (C=O) groups excluding carboxylic acids is 1. The first-order valence-corrected chi connectivity index (χ1v) is 7.25. The van der Waals surface area contributed by atoms with E-state index in [4.69, 9.17) is 0 Å². The molecule has 108 valence electrons. The van der Waals surface area contributed by atoms with Crippen molar-refractivity contribution in [2.45, 2.75) is 0 Å². The maximum absolute atomic E-state index is 12.9. The Bertz CT molecular complexity index is 1210. The average molecular weight is 300 g/mol. The van der Waals surface area contributed by atoms with Crippen LogP contribution in [0.25, 0.3) is 33.1 Å². The molecule has 5 rings (SSSR count). The lowest BCUT2D eigenvalue weighted by atomic mass is 9.90. The van der Waals surface area contributed by atoms with Gasteiger partial charge in [-0.05, 0) is 6.07 Å². The maximum Gasteiger partial charge on any atom is 0.238 e. The van der Waals surface area contributed by atoms with Gasteiger partial charge in [0, 0.05) is 29.1 Å². The minimum atomic E-state index is -0.329. The van der Waals surface area contributed by atoms with E-state index in [1.165, 1.54) is 6.07 Å². The molecule has 0 saturated carbocycles. The molecule has 0 aliphatic heterocycles. The summed E-state index contributed by atoms with van der Waals surface area (Å²) in [6.07, 6.45) is 3.37. The highest BCUT2D eigenvalue weighted by Crippen LogP contribution is 2.36. The summed E-state index contributed by atoms with van der Waals surface area (Å²) in [7, 11) is 0. The predicted molar refractivity (Wildman–Crippen MR) is 85.3 cm³/mol. The summed E-state index contributed by atoms with van der Waals surface area (Å²) in [4.78, 5) is 35.8. The van der Waals surface area contributed by atoms with Crippen molar-refractivity contribution < 1.29 is 9.78 Å². The molecule has 0 atom stereocenters. The van der Waals surface area contributed by atoms with Crippen LogP contribution in [0.2, 0.25) is 0 Å². The molecule has 4 aromatic rings.